The van der Waals surface area contributed by atoms with E-state index < -0.39 is 18.0 Å². The average molecular weight is 564 g/mol. The van der Waals surface area contributed by atoms with Crippen LogP contribution in [0.4, 0.5) is 10.5 Å². The molecule has 3 aromatic carbocycles. The van der Waals surface area contributed by atoms with E-state index in [1.807, 2.05) is 0 Å². The van der Waals surface area contributed by atoms with Crippen LogP contribution in [0.1, 0.15) is 41.3 Å². The maximum Gasteiger partial charge on any atom is 0.411 e. The van der Waals surface area contributed by atoms with Crippen LogP contribution in [0.2, 0.25) is 5.02 Å². The van der Waals surface area contributed by atoms with Crippen molar-refractivity contribution in [3.05, 3.63) is 82.4 Å². The van der Waals surface area contributed by atoms with E-state index in [1.165, 1.54) is 4.90 Å². The number of rotatable bonds is 8. The van der Waals surface area contributed by atoms with Crippen LogP contribution >= 0.6 is 11.6 Å². The van der Waals surface area contributed by atoms with Crippen molar-refractivity contribution >= 4 is 41.1 Å². The molecule has 2 aliphatic rings. The van der Waals surface area contributed by atoms with Gasteiger partial charge in [0, 0.05) is 29.2 Å². The van der Waals surface area contributed by atoms with Gasteiger partial charge in [0.15, 0.2) is 0 Å². The third-order valence-corrected chi connectivity index (χ3v) is 6.74. The molecule has 10 nitrogen and oxygen atoms in total. The van der Waals surface area contributed by atoms with Crippen LogP contribution in [0.25, 0.3) is 0 Å². The Balaban J connectivity index is 1.23. The molecule has 11 heteroatoms. The van der Waals surface area contributed by atoms with Gasteiger partial charge in [-0.25, -0.2) is 4.79 Å². The van der Waals surface area contributed by atoms with Crippen LogP contribution in [0.15, 0.2) is 60.7 Å². The third-order valence-electron chi connectivity index (χ3n) is 6.51. The van der Waals surface area contributed by atoms with Crippen molar-refractivity contribution in [1.29, 1.82) is 0 Å². The van der Waals surface area contributed by atoms with E-state index >= 15 is 0 Å². The summed E-state index contributed by atoms with van der Waals surface area (Å²) in [7, 11) is 0. The molecular weight excluding hydrogens is 538 g/mol. The van der Waals surface area contributed by atoms with Gasteiger partial charge in [-0.05, 0) is 61.4 Å². The van der Waals surface area contributed by atoms with Crippen molar-refractivity contribution in [2.45, 2.75) is 39.0 Å². The molecule has 2 heterocycles. The summed E-state index contributed by atoms with van der Waals surface area (Å²) < 4.78 is 17.0. The lowest BCUT2D eigenvalue weighted by molar-refractivity contribution is -0.136. The minimum absolute atomic E-state index is 0.143. The quantitative estimate of drug-likeness (QED) is 0.368. The van der Waals surface area contributed by atoms with Crippen LogP contribution in [0.3, 0.4) is 0 Å². The second kappa shape index (κ2) is 11.7. The molecule has 0 radical (unpaired) electrons. The highest BCUT2D eigenvalue weighted by atomic mass is 35.5. The molecule has 1 saturated heterocycles. The molecule has 0 bridgehead atoms. The lowest BCUT2D eigenvalue weighted by Gasteiger charge is -2.29. The Bertz CT molecular complexity index is 1470. The normalized spacial score (nSPS) is 16.3. The van der Waals surface area contributed by atoms with Crippen molar-refractivity contribution in [1.82, 2.24) is 10.2 Å². The number of halogens is 1. The Kier molecular flexibility index (Phi) is 7.88. The molecule has 1 unspecified atom stereocenters. The fraction of sp³-hybridized carbons (Fsp3) is 0.241. The van der Waals surface area contributed by atoms with Crippen molar-refractivity contribution in [3.8, 4) is 17.2 Å². The lowest BCUT2D eigenvalue weighted by Crippen LogP contribution is -2.52. The summed E-state index contributed by atoms with van der Waals surface area (Å²) in [6.45, 7) is 2.15. The molecule has 3 aromatic rings. The van der Waals surface area contributed by atoms with Gasteiger partial charge in [0.05, 0.1) is 12.2 Å². The summed E-state index contributed by atoms with van der Waals surface area (Å²) in [6, 6.07) is 16.5. The van der Waals surface area contributed by atoms with E-state index in [0.29, 0.717) is 44.6 Å². The monoisotopic (exact) mass is 563 g/mol. The van der Waals surface area contributed by atoms with Gasteiger partial charge >= 0.3 is 6.09 Å². The molecule has 2 N–H and O–H groups in total. The van der Waals surface area contributed by atoms with Gasteiger partial charge in [0.2, 0.25) is 11.8 Å². The van der Waals surface area contributed by atoms with Gasteiger partial charge in [-0.2, -0.15) is 0 Å². The van der Waals surface area contributed by atoms with Gasteiger partial charge in [-0.15, -0.1) is 0 Å². The summed E-state index contributed by atoms with van der Waals surface area (Å²) in [5.74, 6) is 0.275. The Hall–Kier alpha value is -4.57. The van der Waals surface area contributed by atoms with E-state index in [4.69, 9.17) is 25.8 Å². The maximum absolute atomic E-state index is 13.4. The van der Waals surface area contributed by atoms with E-state index in [9.17, 15) is 19.2 Å². The molecule has 40 heavy (non-hydrogen) atoms. The number of amides is 4. The van der Waals surface area contributed by atoms with E-state index in [0.717, 1.165) is 0 Å². The number of hydrogen-bond acceptors (Lipinski definition) is 7. The fourth-order valence-electron chi connectivity index (χ4n) is 4.66. The number of nitrogens with one attached hydrogen (secondary N) is 2. The number of fused-ring (bicyclic) bond motifs is 1. The zero-order valence-electron chi connectivity index (χ0n) is 21.6. The number of piperidine rings is 1. The van der Waals surface area contributed by atoms with Crippen molar-refractivity contribution in [2.24, 2.45) is 0 Å². The zero-order valence-corrected chi connectivity index (χ0v) is 22.3. The highest BCUT2D eigenvalue weighted by Gasteiger charge is 2.41. The zero-order chi connectivity index (χ0) is 28.2. The maximum atomic E-state index is 13.4. The largest absolute Gasteiger partial charge is 0.493 e. The summed E-state index contributed by atoms with van der Waals surface area (Å²) in [5.41, 5.74) is 2.05. The molecule has 1 fully saturated rings. The van der Waals surface area contributed by atoms with Crippen molar-refractivity contribution < 1.29 is 33.4 Å². The molecule has 206 valence electrons. The van der Waals surface area contributed by atoms with Crippen LogP contribution in [0, 0.1) is 0 Å². The molecule has 0 aromatic heterocycles. The number of anilines is 1. The highest BCUT2D eigenvalue weighted by molar-refractivity contribution is 6.30. The fourth-order valence-corrected chi connectivity index (χ4v) is 4.84. The minimum Gasteiger partial charge on any atom is -0.493 e. The first kappa shape index (κ1) is 27.0. The van der Waals surface area contributed by atoms with Crippen LogP contribution in [0.5, 0.6) is 17.2 Å². The van der Waals surface area contributed by atoms with Crippen LogP contribution in [-0.2, 0) is 27.5 Å². The molecule has 2 aliphatic heterocycles. The number of imide groups is 1. The average Bonchev–Trinajstić information content (AvgIpc) is 3.25. The summed E-state index contributed by atoms with van der Waals surface area (Å²) in [5, 5.41) is 5.51. The van der Waals surface area contributed by atoms with E-state index in [2.05, 4.69) is 10.6 Å². The predicted octanol–water partition coefficient (Wildman–Crippen LogP) is 5.04. The second-order valence-electron chi connectivity index (χ2n) is 9.21. The number of ether oxygens (including phenoxy) is 3. The molecule has 4 amide bonds. The standard InChI is InChI=1S/C29H26ClN3O7/c1-2-38-26-18(7-6-17-15-33(28(36)25(17)26)23-12-13-24(34)32-27(23)35)16-39-29(37)31-20-8-10-21(11-9-20)40-22-5-3-4-19(30)14-22/h3-11,14,23H,2,12-13,15-16H2,1H3,(H,31,37)(H,32,34,35). The number of benzene rings is 3. The summed E-state index contributed by atoms with van der Waals surface area (Å²) in [4.78, 5) is 51.2. The molecule has 1 atom stereocenters. The number of hydrogen-bond donors (Lipinski definition) is 2. The van der Waals surface area contributed by atoms with Gasteiger partial charge in [-0.1, -0.05) is 29.8 Å². The smallest absolute Gasteiger partial charge is 0.411 e. The van der Waals surface area contributed by atoms with E-state index in [-0.39, 0.29) is 44.4 Å². The first-order chi connectivity index (χ1) is 19.3. The number of nitrogens with zero attached hydrogens (tertiary/aromatic N) is 1. The minimum atomic E-state index is -0.736. The summed E-state index contributed by atoms with van der Waals surface area (Å²) in [6.07, 6.45) is -0.262. The topological polar surface area (TPSA) is 123 Å². The van der Waals surface area contributed by atoms with E-state index in [1.54, 1.807) is 67.6 Å². The molecule has 5 rings (SSSR count). The first-order valence-corrected chi connectivity index (χ1v) is 13.1. The lowest BCUT2D eigenvalue weighted by atomic mass is 10.0. The molecule has 0 aliphatic carbocycles. The third kappa shape index (κ3) is 5.86. The number of carbonyl (C=O) groups is 4. The molecule has 0 spiro atoms. The van der Waals surface area contributed by atoms with Crippen molar-refractivity contribution in [2.75, 3.05) is 11.9 Å². The highest BCUT2D eigenvalue weighted by Crippen LogP contribution is 2.36. The first-order valence-electron chi connectivity index (χ1n) is 12.7. The van der Waals surface area contributed by atoms with Crippen LogP contribution < -0.4 is 20.1 Å². The number of carbonyl (C=O) groups excluding carboxylic acids is 4. The predicted molar refractivity (Wildman–Crippen MR) is 145 cm³/mol. The molecular formula is C29H26ClN3O7. The van der Waals surface area contributed by atoms with Crippen LogP contribution in [-0.4, -0.2) is 41.4 Å². The van der Waals surface area contributed by atoms with Gasteiger partial charge in [0.25, 0.3) is 5.91 Å². The molecule has 0 saturated carbocycles. The Labute approximate surface area is 235 Å². The summed E-state index contributed by atoms with van der Waals surface area (Å²) >= 11 is 5.99. The SMILES string of the molecule is CCOc1c(COC(=O)Nc2ccc(Oc3cccc(Cl)c3)cc2)ccc2c1C(=O)N(C1CCC(=O)NC1=O)C2. The van der Waals surface area contributed by atoms with Crippen molar-refractivity contribution in [3.63, 3.8) is 0 Å². The second-order valence-corrected chi connectivity index (χ2v) is 9.64. The van der Waals surface area contributed by atoms with Gasteiger partial charge in [-0.3, -0.25) is 25.0 Å². The Morgan fingerprint density at radius 2 is 1.88 bits per heavy atom. The van der Waals surface area contributed by atoms with Gasteiger partial charge < -0.3 is 19.1 Å². The Morgan fingerprint density at radius 3 is 2.60 bits per heavy atom. The van der Waals surface area contributed by atoms with Gasteiger partial charge in [0.1, 0.15) is 29.9 Å². The Morgan fingerprint density at radius 1 is 1.07 bits per heavy atom.